The molecule has 2 amide bonds. The van der Waals surface area contributed by atoms with Gasteiger partial charge in [0, 0.05) is 24.3 Å². The van der Waals surface area contributed by atoms with Crippen LogP contribution >= 0.6 is 11.6 Å². The summed E-state index contributed by atoms with van der Waals surface area (Å²) in [4.78, 5) is 30.4. The summed E-state index contributed by atoms with van der Waals surface area (Å²) in [5, 5.41) is 3.71. The number of para-hydroxylation sites is 1. The fourth-order valence-electron chi connectivity index (χ4n) is 3.80. The Morgan fingerprint density at radius 2 is 1.77 bits per heavy atom. The number of nitrogens with one attached hydrogen (secondary N) is 2. The molecule has 1 fully saturated rings. The maximum atomic E-state index is 12.6. The summed E-state index contributed by atoms with van der Waals surface area (Å²) < 4.78 is 0. The second-order valence-electron chi connectivity index (χ2n) is 7.47. The van der Waals surface area contributed by atoms with Crippen molar-refractivity contribution in [2.24, 2.45) is 0 Å². The van der Waals surface area contributed by atoms with Crippen molar-refractivity contribution in [3.8, 4) is 0 Å². The van der Waals surface area contributed by atoms with Crippen LogP contribution in [-0.2, 0) is 4.79 Å². The second kappa shape index (κ2) is 10.5. The lowest BCUT2D eigenvalue weighted by Crippen LogP contribution is -3.15. The molecule has 1 aliphatic rings. The van der Waals surface area contributed by atoms with Gasteiger partial charge in [-0.05, 0) is 44.2 Å². The summed E-state index contributed by atoms with van der Waals surface area (Å²) in [5.74, 6) is -0.0546. The van der Waals surface area contributed by atoms with E-state index in [1.807, 2.05) is 50.2 Å². The third-order valence-corrected chi connectivity index (χ3v) is 5.84. The Morgan fingerprint density at radius 3 is 2.43 bits per heavy atom. The Bertz CT molecular complexity index is 877. The first-order valence-corrected chi connectivity index (χ1v) is 10.9. The number of halogens is 1. The lowest BCUT2D eigenvalue weighted by molar-refractivity contribution is -0.892. The fraction of sp³-hybridized carbons (Fsp3) is 0.391. The predicted octanol–water partition coefficient (Wildman–Crippen LogP) is 2.17. The van der Waals surface area contributed by atoms with Crippen LogP contribution in [0.25, 0.3) is 0 Å². The van der Waals surface area contributed by atoms with Crippen molar-refractivity contribution in [1.82, 2.24) is 4.90 Å². The van der Waals surface area contributed by atoms with Crippen molar-refractivity contribution in [3.05, 3.63) is 59.1 Å². The van der Waals surface area contributed by atoms with Crippen LogP contribution in [0.15, 0.2) is 48.5 Å². The van der Waals surface area contributed by atoms with E-state index < -0.39 is 0 Å². The number of carbonyl (C=O) groups is 2. The molecule has 3 rings (SSSR count). The van der Waals surface area contributed by atoms with Gasteiger partial charge in [-0.2, -0.15) is 0 Å². The first-order chi connectivity index (χ1) is 14.5. The lowest BCUT2D eigenvalue weighted by Gasteiger charge is -2.33. The molecule has 6 nitrogen and oxygen atoms in total. The standard InChI is InChI=1S/C23H29ClN4O2/c1-3-27(4-2)23(30)18-8-7-9-19(16-18)25-22(29)17-26-12-14-28(15-13-26)21-11-6-5-10-20(21)24/h5-11,16H,3-4,12-15,17H2,1-2H3,(H,25,29)/p+1. The van der Waals surface area contributed by atoms with Gasteiger partial charge in [0.1, 0.15) is 0 Å². The number of nitrogens with zero attached hydrogens (tertiary/aromatic N) is 2. The van der Waals surface area contributed by atoms with E-state index in [0.29, 0.717) is 30.9 Å². The average molecular weight is 430 g/mol. The quantitative estimate of drug-likeness (QED) is 0.709. The van der Waals surface area contributed by atoms with Gasteiger partial charge in [-0.15, -0.1) is 0 Å². The highest BCUT2D eigenvalue weighted by Crippen LogP contribution is 2.24. The maximum absolute atomic E-state index is 12.6. The number of hydrogen-bond acceptors (Lipinski definition) is 3. The number of amides is 2. The van der Waals surface area contributed by atoms with Gasteiger partial charge in [-0.3, -0.25) is 9.59 Å². The number of rotatable bonds is 7. The molecule has 2 aromatic carbocycles. The lowest BCUT2D eigenvalue weighted by atomic mass is 10.1. The van der Waals surface area contributed by atoms with Gasteiger partial charge in [0.05, 0.1) is 36.9 Å². The summed E-state index contributed by atoms with van der Waals surface area (Å²) in [5.41, 5.74) is 2.31. The molecule has 0 saturated carbocycles. The van der Waals surface area contributed by atoms with Crippen LogP contribution in [0.2, 0.25) is 5.02 Å². The largest absolute Gasteiger partial charge is 0.359 e. The van der Waals surface area contributed by atoms with Gasteiger partial charge in [-0.1, -0.05) is 29.8 Å². The summed E-state index contributed by atoms with van der Waals surface area (Å²) in [6.07, 6.45) is 0. The Labute approximate surface area is 183 Å². The number of benzene rings is 2. The molecule has 160 valence electrons. The molecule has 0 radical (unpaired) electrons. The van der Waals surface area contributed by atoms with Crippen LogP contribution < -0.4 is 15.1 Å². The van der Waals surface area contributed by atoms with Crippen molar-refractivity contribution in [2.75, 3.05) is 56.0 Å². The SMILES string of the molecule is CCN(CC)C(=O)c1cccc(NC(=O)C[NH+]2CCN(c3ccccc3Cl)CC2)c1. The van der Waals surface area contributed by atoms with E-state index >= 15 is 0 Å². The van der Waals surface area contributed by atoms with Gasteiger partial charge in [0.15, 0.2) is 6.54 Å². The van der Waals surface area contributed by atoms with E-state index in [1.54, 1.807) is 17.0 Å². The molecule has 30 heavy (non-hydrogen) atoms. The monoisotopic (exact) mass is 429 g/mol. The molecule has 0 atom stereocenters. The fourth-order valence-corrected chi connectivity index (χ4v) is 4.06. The Kier molecular flexibility index (Phi) is 7.71. The number of anilines is 2. The van der Waals surface area contributed by atoms with Crippen molar-refractivity contribution in [3.63, 3.8) is 0 Å². The van der Waals surface area contributed by atoms with Crippen molar-refractivity contribution >= 4 is 34.8 Å². The molecule has 1 aliphatic heterocycles. The molecule has 2 N–H and O–H groups in total. The minimum atomic E-state index is -0.0383. The highest BCUT2D eigenvalue weighted by molar-refractivity contribution is 6.33. The zero-order valence-corrected chi connectivity index (χ0v) is 18.4. The third kappa shape index (κ3) is 5.52. The van der Waals surface area contributed by atoms with Crippen LogP contribution in [0.5, 0.6) is 0 Å². The second-order valence-corrected chi connectivity index (χ2v) is 7.88. The Hall–Kier alpha value is -2.57. The molecule has 0 unspecified atom stereocenters. The molecule has 0 aliphatic carbocycles. The normalized spacial score (nSPS) is 14.4. The molecule has 7 heteroatoms. The van der Waals surface area contributed by atoms with Gasteiger partial charge in [-0.25, -0.2) is 0 Å². The topological polar surface area (TPSA) is 57.1 Å². The van der Waals surface area contributed by atoms with Gasteiger partial charge < -0.3 is 20.0 Å². The zero-order valence-electron chi connectivity index (χ0n) is 17.7. The van der Waals surface area contributed by atoms with Crippen LogP contribution in [0.3, 0.4) is 0 Å². The van der Waals surface area contributed by atoms with Gasteiger partial charge in [0.25, 0.3) is 11.8 Å². The van der Waals surface area contributed by atoms with E-state index in [9.17, 15) is 9.59 Å². The van der Waals surface area contributed by atoms with Crippen molar-refractivity contribution in [1.29, 1.82) is 0 Å². The van der Waals surface area contributed by atoms with E-state index in [2.05, 4.69) is 10.2 Å². The van der Waals surface area contributed by atoms with Crippen molar-refractivity contribution in [2.45, 2.75) is 13.8 Å². The van der Waals surface area contributed by atoms with Crippen LogP contribution in [-0.4, -0.2) is 62.5 Å². The molecule has 0 aromatic heterocycles. The maximum Gasteiger partial charge on any atom is 0.279 e. The molecule has 0 spiro atoms. The number of piperazine rings is 1. The molecular weight excluding hydrogens is 400 g/mol. The zero-order chi connectivity index (χ0) is 21.5. The van der Waals surface area contributed by atoms with Gasteiger partial charge >= 0.3 is 0 Å². The van der Waals surface area contributed by atoms with Crippen LogP contribution in [0.4, 0.5) is 11.4 Å². The summed E-state index contributed by atoms with van der Waals surface area (Å²) in [7, 11) is 0. The molecule has 2 aromatic rings. The molecule has 1 heterocycles. The van der Waals surface area contributed by atoms with Gasteiger partial charge in [0.2, 0.25) is 0 Å². The van der Waals surface area contributed by atoms with Crippen LogP contribution in [0.1, 0.15) is 24.2 Å². The first kappa shape index (κ1) is 22.1. The summed E-state index contributed by atoms with van der Waals surface area (Å²) in [6.45, 7) is 9.12. The van der Waals surface area contributed by atoms with E-state index in [4.69, 9.17) is 11.6 Å². The Balaban J connectivity index is 1.52. The predicted molar refractivity (Wildman–Crippen MR) is 122 cm³/mol. The summed E-state index contributed by atoms with van der Waals surface area (Å²) >= 11 is 6.30. The number of carbonyl (C=O) groups excluding carboxylic acids is 2. The highest BCUT2D eigenvalue weighted by Gasteiger charge is 2.23. The van der Waals surface area contributed by atoms with Crippen LogP contribution in [0, 0.1) is 0 Å². The minimum Gasteiger partial charge on any atom is -0.359 e. The summed E-state index contributed by atoms with van der Waals surface area (Å²) in [6, 6.07) is 15.0. The van der Waals surface area contributed by atoms with Crippen molar-refractivity contribution < 1.29 is 14.5 Å². The third-order valence-electron chi connectivity index (χ3n) is 5.52. The first-order valence-electron chi connectivity index (χ1n) is 10.5. The van der Waals surface area contributed by atoms with E-state index in [-0.39, 0.29) is 11.8 Å². The van der Waals surface area contributed by atoms with E-state index in [1.165, 1.54) is 4.90 Å². The molecule has 1 saturated heterocycles. The smallest absolute Gasteiger partial charge is 0.279 e. The Morgan fingerprint density at radius 1 is 1.07 bits per heavy atom. The molecule has 0 bridgehead atoms. The van der Waals surface area contributed by atoms with E-state index in [0.717, 1.165) is 36.9 Å². The number of hydrogen-bond donors (Lipinski definition) is 2. The molecular formula is C23H30ClN4O2+. The highest BCUT2D eigenvalue weighted by atomic mass is 35.5. The minimum absolute atomic E-state index is 0.0163. The number of quaternary nitrogens is 1. The average Bonchev–Trinajstić information content (AvgIpc) is 2.75.